The number of rotatable bonds is 3. The third-order valence-corrected chi connectivity index (χ3v) is 3.80. The first-order valence-electron chi connectivity index (χ1n) is 6.49. The van der Waals surface area contributed by atoms with Crippen LogP contribution >= 0.6 is 23.2 Å². The van der Waals surface area contributed by atoms with Crippen molar-refractivity contribution in [1.29, 1.82) is 0 Å². The van der Waals surface area contributed by atoms with Gasteiger partial charge in [-0.05, 0) is 24.6 Å². The molecule has 22 heavy (non-hydrogen) atoms. The zero-order chi connectivity index (χ0) is 15.9. The lowest BCUT2D eigenvalue weighted by Crippen LogP contribution is -2.18. The molecule has 8 heteroatoms. The summed E-state index contributed by atoms with van der Waals surface area (Å²) in [7, 11) is 0. The van der Waals surface area contributed by atoms with Gasteiger partial charge in [-0.1, -0.05) is 29.3 Å². The number of hydrogen-bond donors (Lipinski definition) is 1. The smallest absolute Gasteiger partial charge is 0.343 e. The number of aromatic nitrogens is 4. The fourth-order valence-corrected chi connectivity index (χ4v) is 2.66. The molecule has 0 aliphatic carbocycles. The normalized spacial score (nSPS) is 11.1. The highest BCUT2D eigenvalue weighted by Crippen LogP contribution is 2.25. The van der Waals surface area contributed by atoms with Crippen molar-refractivity contribution in [2.75, 3.05) is 0 Å². The largest absolute Gasteiger partial charge is 0.437 e. The maximum atomic E-state index is 12.0. The number of nitrogens with one attached hydrogen (secondary N) is 1. The van der Waals surface area contributed by atoms with Gasteiger partial charge in [0, 0.05) is 17.0 Å². The quantitative estimate of drug-likeness (QED) is 0.795. The molecule has 0 aliphatic rings. The summed E-state index contributed by atoms with van der Waals surface area (Å²) in [5.74, 6) is 1.36. The van der Waals surface area contributed by atoms with Crippen molar-refractivity contribution in [1.82, 2.24) is 19.7 Å². The molecule has 0 aliphatic heterocycles. The second-order valence-electron chi connectivity index (χ2n) is 4.82. The maximum Gasteiger partial charge on any atom is 0.343 e. The molecule has 1 N–H and O–H groups in total. The molecule has 0 bridgehead atoms. The summed E-state index contributed by atoms with van der Waals surface area (Å²) in [5.41, 5.74) is 1.07. The average Bonchev–Trinajstić information content (AvgIpc) is 2.96. The van der Waals surface area contributed by atoms with Crippen molar-refractivity contribution in [3.63, 3.8) is 0 Å². The van der Waals surface area contributed by atoms with E-state index in [0.29, 0.717) is 33.2 Å². The Kier molecular flexibility index (Phi) is 3.80. The number of aryl methyl sites for hydroxylation is 2. The van der Waals surface area contributed by atoms with Crippen molar-refractivity contribution in [3.05, 3.63) is 55.9 Å². The molecule has 2 aromatic heterocycles. The van der Waals surface area contributed by atoms with Gasteiger partial charge in [-0.15, -0.1) is 5.10 Å². The van der Waals surface area contributed by atoms with Crippen LogP contribution in [0.4, 0.5) is 0 Å². The SMILES string of the molecule is Cc1nc(C)c(-c2n[nH]c(=O)n2Cc2ccc(Cl)cc2Cl)o1. The van der Waals surface area contributed by atoms with Crippen LogP contribution in [0.25, 0.3) is 11.6 Å². The predicted octanol–water partition coefficient (Wildman–Crippen LogP) is 3.20. The first kappa shape index (κ1) is 14.9. The topological polar surface area (TPSA) is 76.7 Å². The van der Waals surface area contributed by atoms with Gasteiger partial charge in [-0.25, -0.2) is 14.9 Å². The van der Waals surface area contributed by atoms with Gasteiger partial charge in [-0.3, -0.25) is 4.57 Å². The zero-order valence-corrected chi connectivity index (χ0v) is 13.4. The number of aromatic amines is 1. The summed E-state index contributed by atoms with van der Waals surface area (Å²) >= 11 is 12.1. The van der Waals surface area contributed by atoms with Gasteiger partial charge in [0.1, 0.15) is 0 Å². The van der Waals surface area contributed by atoms with Crippen LogP contribution in [0.15, 0.2) is 27.4 Å². The van der Waals surface area contributed by atoms with Crippen molar-refractivity contribution >= 4 is 23.2 Å². The Hall–Kier alpha value is -2.05. The van der Waals surface area contributed by atoms with Crippen LogP contribution in [0, 0.1) is 13.8 Å². The van der Waals surface area contributed by atoms with Crippen LogP contribution in [0.5, 0.6) is 0 Å². The van der Waals surface area contributed by atoms with Crippen LogP contribution in [0.2, 0.25) is 10.0 Å². The Morgan fingerprint density at radius 3 is 2.73 bits per heavy atom. The molecule has 1 aromatic carbocycles. The van der Waals surface area contributed by atoms with Gasteiger partial charge in [0.05, 0.1) is 12.2 Å². The Morgan fingerprint density at radius 1 is 1.32 bits per heavy atom. The molecular formula is C14H12Cl2N4O2. The van der Waals surface area contributed by atoms with E-state index in [1.54, 1.807) is 32.0 Å². The predicted molar refractivity (Wildman–Crippen MR) is 83.4 cm³/mol. The minimum absolute atomic E-state index is 0.250. The molecule has 114 valence electrons. The van der Waals surface area contributed by atoms with E-state index in [2.05, 4.69) is 15.2 Å². The third kappa shape index (κ3) is 2.67. The molecule has 0 amide bonds. The molecule has 3 aromatic rings. The monoisotopic (exact) mass is 338 g/mol. The summed E-state index contributed by atoms with van der Waals surface area (Å²) in [6, 6.07) is 5.12. The van der Waals surface area contributed by atoms with Crippen LogP contribution < -0.4 is 5.69 Å². The van der Waals surface area contributed by atoms with Crippen LogP contribution in [0.1, 0.15) is 17.1 Å². The van der Waals surface area contributed by atoms with E-state index < -0.39 is 0 Å². The minimum atomic E-state index is -0.352. The van der Waals surface area contributed by atoms with Gasteiger partial charge in [-0.2, -0.15) is 0 Å². The molecule has 2 heterocycles. The zero-order valence-electron chi connectivity index (χ0n) is 11.9. The van der Waals surface area contributed by atoms with Crippen LogP contribution in [-0.4, -0.2) is 19.7 Å². The fraction of sp³-hybridized carbons (Fsp3) is 0.214. The van der Waals surface area contributed by atoms with Crippen LogP contribution in [-0.2, 0) is 6.54 Å². The molecule has 0 spiro atoms. The molecule has 0 saturated heterocycles. The molecule has 6 nitrogen and oxygen atoms in total. The molecule has 0 saturated carbocycles. The number of benzene rings is 1. The van der Waals surface area contributed by atoms with Crippen LogP contribution in [0.3, 0.4) is 0 Å². The molecular weight excluding hydrogens is 327 g/mol. The number of nitrogens with zero attached hydrogens (tertiary/aromatic N) is 3. The Labute approximate surface area is 135 Å². The van der Waals surface area contributed by atoms with Gasteiger partial charge in [0.2, 0.25) is 5.82 Å². The fourth-order valence-electron chi connectivity index (χ4n) is 2.20. The van der Waals surface area contributed by atoms with E-state index in [1.165, 1.54) is 4.57 Å². The number of oxazole rings is 1. The molecule has 0 radical (unpaired) electrons. The van der Waals surface area contributed by atoms with E-state index in [1.807, 2.05) is 0 Å². The van der Waals surface area contributed by atoms with Crippen molar-refractivity contribution in [2.24, 2.45) is 0 Å². The van der Waals surface area contributed by atoms with Gasteiger partial charge in [0.15, 0.2) is 11.7 Å². The van der Waals surface area contributed by atoms with E-state index in [-0.39, 0.29) is 12.2 Å². The van der Waals surface area contributed by atoms with Gasteiger partial charge >= 0.3 is 5.69 Å². The van der Waals surface area contributed by atoms with Crippen molar-refractivity contribution in [3.8, 4) is 11.6 Å². The molecule has 0 fully saturated rings. The Balaban J connectivity index is 2.07. The van der Waals surface area contributed by atoms with E-state index >= 15 is 0 Å². The van der Waals surface area contributed by atoms with E-state index in [4.69, 9.17) is 27.6 Å². The second-order valence-corrected chi connectivity index (χ2v) is 5.67. The lowest BCUT2D eigenvalue weighted by atomic mass is 10.2. The molecule has 0 atom stereocenters. The lowest BCUT2D eigenvalue weighted by molar-refractivity contribution is 0.526. The Morgan fingerprint density at radius 2 is 2.09 bits per heavy atom. The second kappa shape index (κ2) is 5.62. The number of hydrogen-bond acceptors (Lipinski definition) is 4. The standard InChI is InChI=1S/C14H12Cl2N4O2/c1-7-12(22-8(2)17-7)13-18-19-14(21)20(13)6-9-3-4-10(15)5-11(9)16/h3-5H,6H2,1-2H3,(H,19,21). The van der Waals surface area contributed by atoms with E-state index in [0.717, 1.165) is 5.56 Å². The Bertz CT molecular complexity index is 895. The highest BCUT2D eigenvalue weighted by atomic mass is 35.5. The van der Waals surface area contributed by atoms with Crippen molar-refractivity contribution in [2.45, 2.75) is 20.4 Å². The summed E-state index contributed by atoms with van der Waals surface area (Å²) in [6.07, 6.45) is 0. The highest BCUT2D eigenvalue weighted by Gasteiger charge is 2.19. The minimum Gasteiger partial charge on any atom is -0.437 e. The average molecular weight is 339 g/mol. The number of H-pyrrole nitrogens is 1. The van der Waals surface area contributed by atoms with E-state index in [9.17, 15) is 4.79 Å². The summed E-state index contributed by atoms with van der Waals surface area (Å²) in [4.78, 5) is 16.2. The first-order valence-corrected chi connectivity index (χ1v) is 7.25. The highest BCUT2D eigenvalue weighted by molar-refractivity contribution is 6.35. The number of halogens is 2. The summed E-state index contributed by atoms with van der Waals surface area (Å²) in [5, 5.41) is 7.47. The lowest BCUT2D eigenvalue weighted by Gasteiger charge is -2.07. The maximum absolute atomic E-state index is 12.0. The summed E-state index contributed by atoms with van der Waals surface area (Å²) in [6.45, 7) is 3.78. The molecule has 0 unspecified atom stereocenters. The third-order valence-electron chi connectivity index (χ3n) is 3.21. The van der Waals surface area contributed by atoms with Crippen molar-refractivity contribution < 1.29 is 4.42 Å². The first-order chi connectivity index (χ1) is 10.5. The molecule has 3 rings (SSSR count). The van der Waals surface area contributed by atoms with Gasteiger partial charge < -0.3 is 4.42 Å². The van der Waals surface area contributed by atoms with Gasteiger partial charge in [0.25, 0.3) is 0 Å². The summed E-state index contributed by atoms with van der Waals surface area (Å²) < 4.78 is 6.98.